The van der Waals surface area contributed by atoms with Gasteiger partial charge in [0.2, 0.25) is 5.28 Å². The van der Waals surface area contributed by atoms with E-state index in [0.717, 1.165) is 12.4 Å². The zero-order chi connectivity index (χ0) is 12.7. The monoisotopic (exact) mass is 255 g/mol. The van der Waals surface area contributed by atoms with E-state index in [-0.39, 0.29) is 5.41 Å². The SMILES string of the molecule is CCCC1(Cn2c(Cl)nnc2C(C)(C)C)CC1. The molecular formula is C13H22ClN3. The normalized spacial score (nSPS) is 18.4. The first-order valence-electron chi connectivity index (χ1n) is 6.47. The molecule has 0 saturated heterocycles. The van der Waals surface area contributed by atoms with E-state index in [1.54, 1.807) is 0 Å². The first-order chi connectivity index (χ1) is 7.88. The second kappa shape index (κ2) is 4.27. The topological polar surface area (TPSA) is 30.7 Å². The van der Waals surface area contributed by atoms with Gasteiger partial charge in [0.15, 0.2) is 0 Å². The van der Waals surface area contributed by atoms with Crippen molar-refractivity contribution in [3.05, 3.63) is 11.1 Å². The van der Waals surface area contributed by atoms with E-state index in [1.165, 1.54) is 25.7 Å². The zero-order valence-corrected chi connectivity index (χ0v) is 12.0. The van der Waals surface area contributed by atoms with Crippen molar-refractivity contribution in [3.8, 4) is 0 Å². The molecule has 96 valence electrons. The summed E-state index contributed by atoms with van der Waals surface area (Å²) in [5.74, 6) is 1.00. The first-order valence-corrected chi connectivity index (χ1v) is 6.85. The summed E-state index contributed by atoms with van der Waals surface area (Å²) in [4.78, 5) is 0. The molecule has 0 aliphatic heterocycles. The summed E-state index contributed by atoms with van der Waals surface area (Å²) in [5.41, 5.74) is 0.475. The van der Waals surface area contributed by atoms with Crippen molar-refractivity contribution in [2.24, 2.45) is 5.41 Å². The van der Waals surface area contributed by atoms with Gasteiger partial charge in [-0.05, 0) is 36.3 Å². The average Bonchev–Trinajstić information content (AvgIpc) is 2.85. The lowest BCUT2D eigenvalue weighted by molar-refractivity contribution is 0.366. The fraction of sp³-hybridized carbons (Fsp3) is 0.846. The molecule has 0 unspecified atom stereocenters. The van der Waals surface area contributed by atoms with E-state index in [4.69, 9.17) is 11.6 Å². The van der Waals surface area contributed by atoms with Gasteiger partial charge < -0.3 is 4.57 Å². The van der Waals surface area contributed by atoms with Gasteiger partial charge in [-0.15, -0.1) is 10.2 Å². The lowest BCUT2D eigenvalue weighted by Gasteiger charge is -2.22. The summed E-state index contributed by atoms with van der Waals surface area (Å²) < 4.78 is 2.12. The number of aromatic nitrogens is 3. The van der Waals surface area contributed by atoms with Crippen molar-refractivity contribution in [1.29, 1.82) is 0 Å². The van der Waals surface area contributed by atoms with Crippen LogP contribution in [0.25, 0.3) is 0 Å². The predicted octanol–water partition coefficient (Wildman–Crippen LogP) is 3.81. The maximum Gasteiger partial charge on any atom is 0.225 e. The Balaban J connectivity index is 2.24. The molecule has 1 heterocycles. The van der Waals surface area contributed by atoms with Gasteiger partial charge in [0.25, 0.3) is 0 Å². The number of rotatable bonds is 4. The predicted molar refractivity (Wildman–Crippen MR) is 70.3 cm³/mol. The van der Waals surface area contributed by atoms with Crippen LogP contribution in [0.2, 0.25) is 5.28 Å². The molecule has 0 aromatic carbocycles. The highest BCUT2D eigenvalue weighted by molar-refractivity contribution is 6.28. The van der Waals surface area contributed by atoms with Crippen LogP contribution in [0, 0.1) is 5.41 Å². The number of halogens is 1. The molecule has 1 saturated carbocycles. The largest absolute Gasteiger partial charge is 0.301 e. The smallest absolute Gasteiger partial charge is 0.225 e. The van der Waals surface area contributed by atoms with Crippen LogP contribution in [0.5, 0.6) is 0 Å². The lowest BCUT2D eigenvalue weighted by Crippen LogP contribution is -2.22. The van der Waals surface area contributed by atoms with Gasteiger partial charge in [0.1, 0.15) is 5.82 Å². The highest BCUT2D eigenvalue weighted by atomic mass is 35.5. The third-order valence-corrected chi connectivity index (χ3v) is 3.89. The summed E-state index contributed by atoms with van der Waals surface area (Å²) >= 11 is 6.17. The van der Waals surface area contributed by atoms with Crippen LogP contribution in [0.4, 0.5) is 0 Å². The molecule has 1 aliphatic rings. The zero-order valence-electron chi connectivity index (χ0n) is 11.3. The molecule has 0 atom stereocenters. The quantitative estimate of drug-likeness (QED) is 0.819. The maximum atomic E-state index is 6.17. The lowest BCUT2D eigenvalue weighted by atomic mass is 9.94. The van der Waals surface area contributed by atoms with E-state index in [9.17, 15) is 0 Å². The fourth-order valence-corrected chi connectivity index (χ4v) is 2.69. The summed E-state index contributed by atoms with van der Waals surface area (Å²) in [7, 11) is 0. The molecule has 1 aliphatic carbocycles. The van der Waals surface area contributed by atoms with Gasteiger partial charge in [0.05, 0.1) is 0 Å². The molecule has 0 amide bonds. The van der Waals surface area contributed by atoms with Crippen molar-refractivity contribution >= 4 is 11.6 Å². The molecule has 0 spiro atoms. The Bertz CT molecular complexity index is 399. The highest BCUT2D eigenvalue weighted by Crippen LogP contribution is 2.51. The number of hydrogen-bond acceptors (Lipinski definition) is 2. The molecule has 1 aromatic heterocycles. The summed E-state index contributed by atoms with van der Waals surface area (Å²) in [5, 5.41) is 8.81. The summed E-state index contributed by atoms with van der Waals surface area (Å²) in [6, 6.07) is 0. The summed E-state index contributed by atoms with van der Waals surface area (Å²) in [6.07, 6.45) is 5.16. The molecule has 0 N–H and O–H groups in total. The van der Waals surface area contributed by atoms with Crippen LogP contribution in [-0.4, -0.2) is 14.8 Å². The molecule has 0 radical (unpaired) electrons. The standard InChI is InChI=1S/C13H22ClN3/c1-5-6-13(7-8-13)9-17-10(12(2,3)4)15-16-11(17)14/h5-9H2,1-4H3. The third kappa shape index (κ3) is 2.65. The molecule has 1 fully saturated rings. The van der Waals surface area contributed by atoms with E-state index in [0.29, 0.717) is 10.7 Å². The Kier molecular flexibility index (Phi) is 3.23. The van der Waals surface area contributed by atoms with Crippen LogP contribution < -0.4 is 0 Å². The van der Waals surface area contributed by atoms with Gasteiger partial charge >= 0.3 is 0 Å². The second-order valence-corrected chi connectivity index (χ2v) is 6.72. The van der Waals surface area contributed by atoms with Crippen molar-refractivity contribution in [1.82, 2.24) is 14.8 Å². The minimum atomic E-state index is 0.00242. The minimum absolute atomic E-state index is 0.00242. The van der Waals surface area contributed by atoms with Gasteiger partial charge in [-0.25, -0.2) is 0 Å². The Morgan fingerprint density at radius 1 is 1.29 bits per heavy atom. The molecule has 4 heteroatoms. The van der Waals surface area contributed by atoms with Gasteiger partial charge in [-0.1, -0.05) is 34.1 Å². The van der Waals surface area contributed by atoms with Gasteiger partial charge in [-0.3, -0.25) is 0 Å². The number of hydrogen-bond donors (Lipinski definition) is 0. The summed E-state index contributed by atoms with van der Waals surface area (Å²) in [6.45, 7) is 9.70. The second-order valence-electron chi connectivity index (χ2n) is 6.38. The molecule has 1 aromatic rings. The van der Waals surface area contributed by atoms with E-state index < -0.39 is 0 Å². The Labute approximate surface area is 109 Å². The van der Waals surface area contributed by atoms with Crippen molar-refractivity contribution in [3.63, 3.8) is 0 Å². The Morgan fingerprint density at radius 2 is 1.94 bits per heavy atom. The fourth-order valence-electron chi connectivity index (χ4n) is 2.51. The van der Waals surface area contributed by atoms with E-state index in [2.05, 4.69) is 42.5 Å². The van der Waals surface area contributed by atoms with Crippen molar-refractivity contribution in [2.45, 2.75) is 65.3 Å². The highest BCUT2D eigenvalue weighted by Gasteiger charge is 2.43. The van der Waals surface area contributed by atoms with Gasteiger partial charge in [-0.2, -0.15) is 0 Å². The molecular weight excluding hydrogens is 234 g/mol. The molecule has 17 heavy (non-hydrogen) atoms. The van der Waals surface area contributed by atoms with Crippen molar-refractivity contribution < 1.29 is 0 Å². The van der Waals surface area contributed by atoms with Crippen LogP contribution in [0.15, 0.2) is 0 Å². The number of nitrogens with zero attached hydrogens (tertiary/aromatic N) is 3. The Morgan fingerprint density at radius 3 is 2.41 bits per heavy atom. The van der Waals surface area contributed by atoms with Gasteiger partial charge in [0, 0.05) is 12.0 Å². The van der Waals surface area contributed by atoms with Crippen molar-refractivity contribution in [2.75, 3.05) is 0 Å². The van der Waals surface area contributed by atoms with Crippen LogP contribution in [-0.2, 0) is 12.0 Å². The molecule has 0 bridgehead atoms. The third-order valence-electron chi connectivity index (χ3n) is 3.61. The first kappa shape index (κ1) is 12.9. The van der Waals surface area contributed by atoms with E-state index in [1.807, 2.05) is 0 Å². The van der Waals surface area contributed by atoms with Crippen LogP contribution in [0.3, 0.4) is 0 Å². The maximum absolute atomic E-state index is 6.17. The average molecular weight is 256 g/mol. The Hall–Kier alpha value is -0.570. The molecule has 2 rings (SSSR count). The molecule has 3 nitrogen and oxygen atoms in total. The van der Waals surface area contributed by atoms with Crippen LogP contribution >= 0.6 is 11.6 Å². The van der Waals surface area contributed by atoms with E-state index >= 15 is 0 Å². The minimum Gasteiger partial charge on any atom is -0.301 e. The van der Waals surface area contributed by atoms with Crippen LogP contribution in [0.1, 0.15) is 59.2 Å².